The van der Waals surface area contributed by atoms with Crippen molar-refractivity contribution in [1.29, 1.82) is 5.41 Å². The summed E-state index contributed by atoms with van der Waals surface area (Å²) >= 11 is 0. The summed E-state index contributed by atoms with van der Waals surface area (Å²) in [6.45, 7) is 5.20. The van der Waals surface area contributed by atoms with Gasteiger partial charge in [-0.2, -0.15) is 0 Å². The molecule has 0 saturated carbocycles. The lowest BCUT2D eigenvalue weighted by molar-refractivity contribution is -0.416. The smallest absolute Gasteiger partial charge is 0.276 e. The molecule has 0 aliphatic carbocycles. The zero-order valence-corrected chi connectivity index (χ0v) is 10.6. The fourth-order valence-corrected chi connectivity index (χ4v) is 1.69. The van der Waals surface area contributed by atoms with E-state index in [9.17, 15) is 10.1 Å². The van der Waals surface area contributed by atoms with Crippen molar-refractivity contribution in [3.8, 4) is 0 Å². The minimum Gasteiger partial charge on any atom is -0.398 e. The largest absolute Gasteiger partial charge is 0.398 e. The van der Waals surface area contributed by atoms with Gasteiger partial charge >= 0.3 is 0 Å². The van der Waals surface area contributed by atoms with Crippen molar-refractivity contribution in [1.82, 2.24) is 0 Å². The molecule has 0 heterocycles. The van der Waals surface area contributed by atoms with Crippen LogP contribution in [0.3, 0.4) is 0 Å². The fourth-order valence-electron chi connectivity index (χ4n) is 1.69. The first-order valence-corrected chi connectivity index (χ1v) is 5.59. The molecule has 0 bridgehead atoms. The average molecular weight is 257 g/mol. The Hall–Kier alpha value is -2.69. The van der Waals surface area contributed by atoms with Gasteiger partial charge in [0.2, 0.25) is 0 Å². The fraction of sp³-hybridized carbons (Fsp3) is 0.0714. The third-order valence-corrected chi connectivity index (χ3v) is 2.59. The SMILES string of the molecule is C=C/C=C(\C(=C/C)c1ccc(N)c(C=N)c1)[N+](=O)[O-]. The van der Waals surface area contributed by atoms with Crippen molar-refractivity contribution in [2.24, 2.45) is 0 Å². The molecule has 0 fully saturated rings. The first-order chi connectivity index (χ1) is 9.04. The molecule has 0 radical (unpaired) electrons. The van der Waals surface area contributed by atoms with Crippen LogP contribution >= 0.6 is 0 Å². The monoisotopic (exact) mass is 257 g/mol. The molecular formula is C14H15N3O2. The van der Waals surface area contributed by atoms with Crippen LogP contribution in [0.5, 0.6) is 0 Å². The number of nitrogens with one attached hydrogen (secondary N) is 1. The van der Waals surface area contributed by atoms with E-state index in [4.69, 9.17) is 11.1 Å². The number of allylic oxidation sites excluding steroid dienone is 4. The highest BCUT2D eigenvalue weighted by Gasteiger charge is 2.18. The van der Waals surface area contributed by atoms with Crippen molar-refractivity contribution >= 4 is 17.5 Å². The highest BCUT2D eigenvalue weighted by Crippen LogP contribution is 2.26. The Bertz CT molecular complexity index is 586. The standard InChI is InChI=1S/C14H15N3O2/c1-3-5-14(17(18)19)12(4-2)10-6-7-13(16)11(8-10)9-15/h3-9,15H,1,16H2,2H3/b12-4-,14-5+,15-9?. The van der Waals surface area contributed by atoms with Crippen LogP contribution in [0.15, 0.2) is 48.7 Å². The lowest BCUT2D eigenvalue weighted by Gasteiger charge is -2.07. The number of hydrogen-bond donors (Lipinski definition) is 2. The summed E-state index contributed by atoms with van der Waals surface area (Å²) in [6, 6.07) is 4.97. The molecule has 3 N–H and O–H groups in total. The van der Waals surface area contributed by atoms with Crippen LogP contribution in [0.25, 0.3) is 5.57 Å². The number of hydrogen-bond acceptors (Lipinski definition) is 4. The predicted octanol–water partition coefficient (Wildman–Crippen LogP) is 3.02. The zero-order valence-electron chi connectivity index (χ0n) is 10.6. The lowest BCUT2D eigenvalue weighted by atomic mass is 9.99. The van der Waals surface area contributed by atoms with E-state index in [1.54, 1.807) is 31.2 Å². The van der Waals surface area contributed by atoms with Gasteiger partial charge in [-0.1, -0.05) is 24.8 Å². The van der Waals surface area contributed by atoms with E-state index in [0.29, 0.717) is 22.4 Å². The average Bonchev–Trinajstić information content (AvgIpc) is 2.40. The Morgan fingerprint density at radius 3 is 2.68 bits per heavy atom. The minimum absolute atomic E-state index is 0.0433. The maximum Gasteiger partial charge on any atom is 0.276 e. The molecule has 0 saturated heterocycles. The van der Waals surface area contributed by atoms with E-state index < -0.39 is 4.92 Å². The van der Waals surface area contributed by atoms with Gasteiger partial charge in [0.15, 0.2) is 0 Å². The van der Waals surface area contributed by atoms with Gasteiger partial charge in [0.05, 0.1) is 10.5 Å². The predicted molar refractivity (Wildman–Crippen MR) is 77.7 cm³/mol. The number of rotatable bonds is 5. The summed E-state index contributed by atoms with van der Waals surface area (Å²) in [5, 5.41) is 18.3. The molecule has 0 amide bonds. The van der Waals surface area contributed by atoms with E-state index in [2.05, 4.69) is 6.58 Å². The highest BCUT2D eigenvalue weighted by atomic mass is 16.6. The van der Waals surface area contributed by atoms with Gasteiger partial charge < -0.3 is 11.1 Å². The third-order valence-electron chi connectivity index (χ3n) is 2.59. The number of nitrogens with two attached hydrogens (primary N) is 1. The third kappa shape index (κ3) is 3.16. The van der Waals surface area contributed by atoms with Crippen molar-refractivity contribution in [2.75, 3.05) is 5.73 Å². The molecule has 5 heteroatoms. The van der Waals surface area contributed by atoms with E-state index in [1.807, 2.05) is 0 Å². The van der Waals surface area contributed by atoms with Crippen molar-refractivity contribution in [2.45, 2.75) is 6.92 Å². The Morgan fingerprint density at radius 2 is 2.21 bits per heavy atom. The number of nitrogens with zero attached hydrogens (tertiary/aromatic N) is 1. The topological polar surface area (TPSA) is 93.0 Å². The maximum atomic E-state index is 11.1. The lowest BCUT2D eigenvalue weighted by Crippen LogP contribution is -2.03. The number of anilines is 1. The van der Waals surface area contributed by atoms with E-state index in [1.165, 1.54) is 12.2 Å². The molecule has 0 aliphatic rings. The Kier molecular flexibility index (Phi) is 4.76. The summed E-state index contributed by atoms with van der Waals surface area (Å²) < 4.78 is 0. The zero-order chi connectivity index (χ0) is 14.4. The van der Waals surface area contributed by atoms with Gasteiger partial charge in [0.1, 0.15) is 0 Å². The number of benzene rings is 1. The van der Waals surface area contributed by atoms with Crippen molar-refractivity contribution in [3.63, 3.8) is 0 Å². The Labute approximate surface area is 111 Å². The first kappa shape index (κ1) is 14.4. The number of nitro groups is 1. The molecule has 0 unspecified atom stereocenters. The Balaban J connectivity index is 3.39. The van der Waals surface area contributed by atoms with E-state index >= 15 is 0 Å². The van der Waals surface area contributed by atoms with Crippen LogP contribution in [-0.4, -0.2) is 11.1 Å². The minimum atomic E-state index is -0.461. The molecular weight excluding hydrogens is 242 g/mol. The molecule has 0 aromatic heterocycles. The number of nitrogen functional groups attached to an aromatic ring is 1. The molecule has 0 aliphatic heterocycles. The molecule has 5 nitrogen and oxygen atoms in total. The van der Waals surface area contributed by atoms with E-state index in [0.717, 1.165) is 6.21 Å². The van der Waals surface area contributed by atoms with Crippen molar-refractivity contribution < 1.29 is 4.92 Å². The highest BCUT2D eigenvalue weighted by molar-refractivity contribution is 5.88. The normalized spacial score (nSPS) is 12.1. The van der Waals surface area contributed by atoms with E-state index in [-0.39, 0.29) is 5.70 Å². The second-order valence-corrected chi connectivity index (χ2v) is 3.74. The molecule has 1 aromatic rings. The first-order valence-electron chi connectivity index (χ1n) is 5.59. The van der Waals surface area contributed by atoms with Crippen molar-refractivity contribution in [3.05, 3.63) is 69.9 Å². The summed E-state index contributed by atoms with van der Waals surface area (Å²) in [7, 11) is 0. The van der Waals surface area contributed by atoms with Crippen LogP contribution in [0, 0.1) is 15.5 Å². The summed E-state index contributed by atoms with van der Waals surface area (Å²) in [6.07, 6.45) is 5.48. The molecule has 1 aromatic carbocycles. The quantitative estimate of drug-likeness (QED) is 0.279. The van der Waals surface area contributed by atoms with Gasteiger partial charge in [-0.05, 0) is 24.6 Å². The summed E-state index contributed by atoms with van der Waals surface area (Å²) in [5.41, 5.74) is 7.75. The molecule has 1 rings (SSSR count). The van der Waals surface area contributed by atoms with Gasteiger partial charge in [0, 0.05) is 23.5 Å². The van der Waals surface area contributed by atoms with Crippen LogP contribution in [0.2, 0.25) is 0 Å². The summed E-state index contributed by atoms with van der Waals surface area (Å²) in [4.78, 5) is 10.6. The second-order valence-electron chi connectivity index (χ2n) is 3.74. The van der Waals surface area contributed by atoms with Crippen LogP contribution < -0.4 is 5.73 Å². The molecule has 19 heavy (non-hydrogen) atoms. The van der Waals surface area contributed by atoms with Crippen LogP contribution in [0.4, 0.5) is 5.69 Å². The van der Waals surface area contributed by atoms with Gasteiger partial charge in [-0.3, -0.25) is 10.1 Å². The molecule has 98 valence electrons. The molecule has 0 atom stereocenters. The van der Waals surface area contributed by atoms with Gasteiger partial charge in [0.25, 0.3) is 5.70 Å². The van der Waals surface area contributed by atoms with Gasteiger partial charge in [-0.25, -0.2) is 0 Å². The summed E-state index contributed by atoms with van der Waals surface area (Å²) in [5.74, 6) is 0. The van der Waals surface area contributed by atoms with Crippen LogP contribution in [-0.2, 0) is 0 Å². The Morgan fingerprint density at radius 1 is 1.53 bits per heavy atom. The molecule has 0 spiro atoms. The van der Waals surface area contributed by atoms with Gasteiger partial charge in [-0.15, -0.1) is 0 Å². The second kappa shape index (κ2) is 6.30. The van der Waals surface area contributed by atoms with Crippen LogP contribution in [0.1, 0.15) is 18.1 Å². The maximum absolute atomic E-state index is 11.1.